The van der Waals surface area contributed by atoms with E-state index >= 15 is 0 Å². The molecule has 1 saturated heterocycles. The number of nitro benzene ring substituents is 1. The third kappa shape index (κ3) is 4.40. The number of benzene rings is 2. The van der Waals surface area contributed by atoms with Crippen LogP contribution in [0.4, 0.5) is 5.69 Å². The molecule has 24 heavy (non-hydrogen) atoms. The number of rotatable bonds is 7. The summed E-state index contributed by atoms with van der Waals surface area (Å²) in [6, 6.07) is 17.4. The van der Waals surface area contributed by atoms with E-state index in [0.29, 0.717) is 12.5 Å². The Kier molecular flexibility index (Phi) is 5.56. The SMILES string of the molecule is O=[N+]([O-])c1cccc(CN[C@H](C[C@H]2CCOC2)c2ccccc2)c1. The maximum Gasteiger partial charge on any atom is 0.269 e. The standard InChI is InChI=1S/C19H22N2O3/c22-21(23)18-8-4-5-15(11-18)13-20-19(12-16-9-10-24-14-16)17-6-2-1-3-7-17/h1-8,11,16,19-20H,9-10,12-14H2/t16-,19-/m1/s1. The molecule has 5 nitrogen and oxygen atoms in total. The Morgan fingerprint density at radius 2 is 2.04 bits per heavy atom. The average Bonchev–Trinajstić information content (AvgIpc) is 3.12. The van der Waals surface area contributed by atoms with Crippen LogP contribution in [-0.4, -0.2) is 18.1 Å². The Hall–Kier alpha value is -2.24. The Morgan fingerprint density at radius 1 is 1.21 bits per heavy atom. The number of nitro groups is 1. The summed E-state index contributed by atoms with van der Waals surface area (Å²) in [6.45, 7) is 2.27. The highest BCUT2D eigenvalue weighted by Gasteiger charge is 2.21. The van der Waals surface area contributed by atoms with Gasteiger partial charge in [-0.3, -0.25) is 10.1 Å². The van der Waals surface area contributed by atoms with Crippen LogP contribution >= 0.6 is 0 Å². The number of nitrogens with zero attached hydrogens (tertiary/aromatic N) is 1. The van der Waals surface area contributed by atoms with Crippen molar-refractivity contribution in [2.45, 2.75) is 25.4 Å². The van der Waals surface area contributed by atoms with Crippen LogP contribution in [0.25, 0.3) is 0 Å². The summed E-state index contributed by atoms with van der Waals surface area (Å²) < 4.78 is 5.50. The summed E-state index contributed by atoms with van der Waals surface area (Å²) in [5.74, 6) is 0.563. The predicted octanol–water partition coefficient (Wildman–Crippen LogP) is 3.85. The first kappa shape index (κ1) is 16.6. The van der Waals surface area contributed by atoms with E-state index in [1.165, 1.54) is 11.6 Å². The number of nitrogens with one attached hydrogen (secondary N) is 1. The molecule has 2 aromatic rings. The number of hydrogen-bond donors (Lipinski definition) is 1. The molecule has 0 saturated carbocycles. The molecule has 0 aromatic heterocycles. The Morgan fingerprint density at radius 3 is 2.75 bits per heavy atom. The van der Waals surface area contributed by atoms with E-state index in [2.05, 4.69) is 17.4 Å². The van der Waals surface area contributed by atoms with Crippen LogP contribution in [0, 0.1) is 16.0 Å². The second-order valence-corrected chi connectivity index (χ2v) is 6.24. The maximum absolute atomic E-state index is 10.9. The van der Waals surface area contributed by atoms with Gasteiger partial charge in [0.2, 0.25) is 0 Å². The van der Waals surface area contributed by atoms with Gasteiger partial charge in [-0.1, -0.05) is 42.5 Å². The van der Waals surface area contributed by atoms with Gasteiger partial charge >= 0.3 is 0 Å². The zero-order chi connectivity index (χ0) is 16.8. The quantitative estimate of drug-likeness (QED) is 0.620. The summed E-state index contributed by atoms with van der Waals surface area (Å²) in [6.07, 6.45) is 2.11. The fourth-order valence-corrected chi connectivity index (χ4v) is 3.15. The van der Waals surface area contributed by atoms with Crippen molar-refractivity contribution in [1.29, 1.82) is 0 Å². The number of ether oxygens (including phenoxy) is 1. The van der Waals surface area contributed by atoms with Crippen molar-refractivity contribution in [3.05, 3.63) is 75.8 Å². The van der Waals surface area contributed by atoms with Crippen LogP contribution in [-0.2, 0) is 11.3 Å². The molecule has 1 heterocycles. The van der Waals surface area contributed by atoms with Crippen molar-refractivity contribution < 1.29 is 9.66 Å². The van der Waals surface area contributed by atoms with E-state index in [1.54, 1.807) is 12.1 Å². The molecule has 2 atom stereocenters. The van der Waals surface area contributed by atoms with E-state index in [4.69, 9.17) is 4.74 Å². The van der Waals surface area contributed by atoms with E-state index in [0.717, 1.165) is 31.6 Å². The van der Waals surface area contributed by atoms with E-state index in [-0.39, 0.29) is 16.7 Å². The molecule has 0 unspecified atom stereocenters. The van der Waals surface area contributed by atoms with Gasteiger partial charge in [-0.05, 0) is 29.9 Å². The molecule has 0 bridgehead atoms. The minimum absolute atomic E-state index is 0.134. The zero-order valence-corrected chi connectivity index (χ0v) is 13.6. The fourth-order valence-electron chi connectivity index (χ4n) is 3.15. The van der Waals surface area contributed by atoms with Crippen LogP contribution in [0.3, 0.4) is 0 Å². The molecule has 0 spiro atoms. The molecule has 1 fully saturated rings. The molecule has 1 aliphatic heterocycles. The molecule has 1 N–H and O–H groups in total. The van der Waals surface area contributed by atoms with E-state index < -0.39 is 0 Å². The summed E-state index contributed by atoms with van der Waals surface area (Å²) in [5.41, 5.74) is 2.30. The predicted molar refractivity (Wildman–Crippen MR) is 92.7 cm³/mol. The normalized spacial score (nSPS) is 18.4. The van der Waals surface area contributed by atoms with Crippen LogP contribution in [0.5, 0.6) is 0 Å². The minimum atomic E-state index is -0.353. The van der Waals surface area contributed by atoms with Crippen molar-refractivity contribution in [2.24, 2.45) is 5.92 Å². The summed E-state index contributed by atoms with van der Waals surface area (Å²) in [4.78, 5) is 10.6. The smallest absolute Gasteiger partial charge is 0.269 e. The first-order chi connectivity index (χ1) is 11.7. The second kappa shape index (κ2) is 8.04. The highest BCUT2D eigenvalue weighted by Crippen LogP contribution is 2.27. The van der Waals surface area contributed by atoms with Crippen molar-refractivity contribution >= 4 is 5.69 Å². The van der Waals surface area contributed by atoms with Crippen LogP contribution in [0.1, 0.15) is 30.0 Å². The molecular weight excluding hydrogens is 304 g/mol. The lowest BCUT2D eigenvalue weighted by Crippen LogP contribution is -2.23. The third-order valence-corrected chi connectivity index (χ3v) is 4.47. The highest BCUT2D eigenvalue weighted by atomic mass is 16.6. The lowest BCUT2D eigenvalue weighted by Gasteiger charge is -2.22. The molecule has 3 rings (SSSR count). The molecule has 1 aliphatic rings. The van der Waals surface area contributed by atoms with Crippen LogP contribution in [0.2, 0.25) is 0 Å². The van der Waals surface area contributed by atoms with Gasteiger partial charge in [0.15, 0.2) is 0 Å². The lowest BCUT2D eigenvalue weighted by atomic mass is 9.94. The first-order valence-corrected chi connectivity index (χ1v) is 8.32. The monoisotopic (exact) mass is 326 g/mol. The average molecular weight is 326 g/mol. The van der Waals surface area contributed by atoms with Gasteiger partial charge in [0.05, 0.1) is 4.92 Å². The van der Waals surface area contributed by atoms with Gasteiger partial charge in [0.25, 0.3) is 5.69 Å². The lowest BCUT2D eigenvalue weighted by molar-refractivity contribution is -0.384. The Labute approximate surface area is 141 Å². The molecular formula is C19H22N2O3. The van der Waals surface area contributed by atoms with Gasteiger partial charge in [0, 0.05) is 37.9 Å². The van der Waals surface area contributed by atoms with Gasteiger partial charge < -0.3 is 10.1 Å². The Bertz CT molecular complexity index is 669. The van der Waals surface area contributed by atoms with Crippen LogP contribution in [0.15, 0.2) is 54.6 Å². The minimum Gasteiger partial charge on any atom is -0.381 e. The molecule has 0 radical (unpaired) electrons. The van der Waals surface area contributed by atoms with Crippen molar-refractivity contribution in [3.63, 3.8) is 0 Å². The highest BCUT2D eigenvalue weighted by molar-refractivity contribution is 5.34. The van der Waals surface area contributed by atoms with Gasteiger partial charge in [-0.2, -0.15) is 0 Å². The molecule has 2 aromatic carbocycles. The molecule has 0 amide bonds. The van der Waals surface area contributed by atoms with Crippen molar-refractivity contribution in [1.82, 2.24) is 5.32 Å². The fraction of sp³-hybridized carbons (Fsp3) is 0.368. The Balaban J connectivity index is 1.69. The molecule has 5 heteroatoms. The largest absolute Gasteiger partial charge is 0.381 e. The second-order valence-electron chi connectivity index (χ2n) is 6.24. The van der Waals surface area contributed by atoms with Crippen LogP contribution < -0.4 is 5.32 Å². The topological polar surface area (TPSA) is 64.4 Å². The number of non-ortho nitro benzene ring substituents is 1. The van der Waals surface area contributed by atoms with Gasteiger partial charge in [0.1, 0.15) is 0 Å². The summed E-state index contributed by atoms with van der Waals surface area (Å²) in [7, 11) is 0. The van der Waals surface area contributed by atoms with Gasteiger partial charge in [-0.25, -0.2) is 0 Å². The maximum atomic E-state index is 10.9. The van der Waals surface area contributed by atoms with Gasteiger partial charge in [-0.15, -0.1) is 0 Å². The van der Waals surface area contributed by atoms with Crippen molar-refractivity contribution in [3.8, 4) is 0 Å². The third-order valence-electron chi connectivity index (χ3n) is 4.47. The van der Waals surface area contributed by atoms with E-state index in [1.807, 2.05) is 24.3 Å². The summed E-state index contributed by atoms with van der Waals surface area (Å²) in [5, 5.41) is 14.5. The van der Waals surface area contributed by atoms with Crippen molar-refractivity contribution in [2.75, 3.05) is 13.2 Å². The number of hydrogen-bond acceptors (Lipinski definition) is 4. The first-order valence-electron chi connectivity index (χ1n) is 8.32. The molecule has 0 aliphatic carbocycles. The summed E-state index contributed by atoms with van der Waals surface area (Å²) >= 11 is 0. The van der Waals surface area contributed by atoms with E-state index in [9.17, 15) is 10.1 Å². The zero-order valence-electron chi connectivity index (χ0n) is 13.6. The molecule has 126 valence electrons.